The quantitative estimate of drug-likeness (QED) is 0.497. The zero-order chi connectivity index (χ0) is 17.9. The molecular weight excluding hydrogens is 342 g/mol. The van der Waals surface area contributed by atoms with Gasteiger partial charge < -0.3 is 14.6 Å². The van der Waals surface area contributed by atoms with Crippen LogP contribution in [0.25, 0.3) is 0 Å². The number of benzene rings is 1. The molecule has 0 bridgehead atoms. The molecule has 10 heteroatoms. The number of hydrogen-bond acceptors (Lipinski definition) is 7. The molecule has 0 spiro atoms. The average molecular weight is 354 g/mol. The lowest BCUT2D eigenvalue weighted by atomic mass is 10.2. The molecule has 0 aliphatic heterocycles. The fourth-order valence-electron chi connectivity index (χ4n) is 1.76. The number of aryl methyl sites for hydroxylation is 1. The SMILES string of the molecule is Cc1cc(NC(=O)C(C)OC(=O)c2ccc(Cl)cc2[N+](=O)[O-])no1. The van der Waals surface area contributed by atoms with E-state index >= 15 is 0 Å². The minimum Gasteiger partial charge on any atom is -0.449 e. The maximum Gasteiger partial charge on any atom is 0.345 e. The van der Waals surface area contributed by atoms with Gasteiger partial charge in [-0.25, -0.2) is 4.79 Å². The van der Waals surface area contributed by atoms with E-state index in [1.54, 1.807) is 6.92 Å². The summed E-state index contributed by atoms with van der Waals surface area (Å²) >= 11 is 5.68. The van der Waals surface area contributed by atoms with Gasteiger partial charge in [0.05, 0.1) is 4.92 Å². The summed E-state index contributed by atoms with van der Waals surface area (Å²) in [5.74, 6) is -1.02. The highest BCUT2D eigenvalue weighted by atomic mass is 35.5. The molecule has 1 aromatic carbocycles. The third-order valence-corrected chi connectivity index (χ3v) is 3.14. The summed E-state index contributed by atoms with van der Waals surface area (Å²) in [7, 11) is 0. The van der Waals surface area contributed by atoms with Crippen molar-refractivity contribution in [2.75, 3.05) is 5.32 Å². The van der Waals surface area contributed by atoms with Crippen molar-refractivity contribution >= 4 is 35.0 Å². The van der Waals surface area contributed by atoms with Crippen LogP contribution >= 0.6 is 11.6 Å². The Morgan fingerprint density at radius 1 is 1.42 bits per heavy atom. The lowest BCUT2D eigenvalue weighted by molar-refractivity contribution is -0.385. The van der Waals surface area contributed by atoms with Gasteiger partial charge >= 0.3 is 5.97 Å². The summed E-state index contributed by atoms with van der Waals surface area (Å²) in [6, 6.07) is 4.99. The predicted molar refractivity (Wildman–Crippen MR) is 82.9 cm³/mol. The molecule has 0 aliphatic rings. The number of esters is 1. The van der Waals surface area contributed by atoms with Crippen molar-refractivity contribution in [1.29, 1.82) is 0 Å². The lowest BCUT2D eigenvalue weighted by Gasteiger charge is -2.12. The highest BCUT2D eigenvalue weighted by Gasteiger charge is 2.26. The number of ether oxygens (including phenoxy) is 1. The second kappa shape index (κ2) is 7.09. The van der Waals surface area contributed by atoms with Gasteiger partial charge in [0.1, 0.15) is 11.3 Å². The molecule has 9 nitrogen and oxygen atoms in total. The second-order valence-corrected chi connectivity index (χ2v) is 5.21. The van der Waals surface area contributed by atoms with Crippen LogP contribution in [0.2, 0.25) is 5.02 Å². The number of halogens is 1. The van der Waals surface area contributed by atoms with E-state index in [1.165, 1.54) is 19.1 Å². The molecule has 1 heterocycles. The molecule has 1 amide bonds. The van der Waals surface area contributed by atoms with Crippen LogP contribution in [0.4, 0.5) is 11.5 Å². The number of anilines is 1. The van der Waals surface area contributed by atoms with E-state index < -0.39 is 28.6 Å². The van der Waals surface area contributed by atoms with Gasteiger partial charge in [-0.3, -0.25) is 14.9 Å². The number of aromatic nitrogens is 1. The van der Waals surface area contributed by atoms with E-state index in [2.05, 4.69) is 10.5 Å². The first-order valence-corrected chi connectivity index (χ1v) is 7.05. The summed E-state index contributed by atoms with van der Waals surface area (Å²) in [5, 5.41) is 17.0. The third-order valence-electron chi connectivity index (χ3n) is 2.91. The van der Waals surface area contributed by atoms with Crippen molar-refractivity contribution in [3.63, 3.8) is 0 Å². The number of rotatable bonds is 5. The number of nitrogens with zero attached hydrogens (tertiary/aromatic N) is 2. The predicted octanol–water partition coefficient (Wildman–Crippen LogP) is 2.73. The van der Waals surface area contributed by atoms with Crippen LogP contribution in [0.1, 0.15) is 23.0 Å². The van der Waals surface area contributed by atoms with Crippen LogP contribution in [0.15, 0.2) is 28.8 Å². The third kappa shape index (κ3) is 4.07. The Bertz CT molecular complexity index is 804. The van der Waals surface area contributed by atoms with E-state index in [-0.39, 0.29) is 16.4 Å². The first-order valence-electron chi connectivity index (χ1n) is 6.67. The topological polar surface area (TPSA) is 125 Å². The fraction of sp³-hybridized carbons (Fsp3) is 0.214. The van der Waals surface area contributed by atoms with E-state index in [4.69, 9.17) is 20.9 Å². The number of nitrogens with one attached hydrogen (secondary N) is 1. The van der Waals surface area contributed by atoms with Gasteiger partial charge in [-0.2, -0.15) is 0 Å². The molecule has 0 radical (unpaired) electrons. The van der Waals surface area contributed by atoms with Crippen LogP contribution in [-0.4, -0.2) is 28.1 Å². The number of hydrogen-bond donors (Lipinski definition) is 1. The van der Waals surface area contributed by atoms with E-state index in [1.807, 2.05) is 0 Å². The zero-order valence-corrected chi connectivity index (χ0v) is 13.4. The summed E-state index contributed by atoms with van der Waals surface area (Å²) in [6.45, 7) is 2.97. The molecule has 24 heavy (non-hydrogen) atoms. The van der Waals surface area contributed by atoms with Crippen LogP contribution < -0.4 is 5.32 Å². The Kier molecular flexibility index (Phi) is 5.14. The molecule has 0 aliphatic carbocycles. The fourth-order valence-corrected chi connectivity index (χ4v) is 1.93. The van der Waals surface area contributed by atoms with Crippen LogP contribution in [-0.2, 0) is 9.53 Å². The van der Waals surface area contributed by atoms with Gasteiger partial charge in [-0.15, -0.1) is 0 Å². The van der Waals surface area contributed by atoms with Crippen molar-refractivity contribution in [2.45, 2.75) is 20.0 Å². The van der Waals surface area contributed by atoms with Crippen molar-refractivity contribution in [2.24, 2.45) is 0 Å². The monoisotopic (exact) mass is 353 g/mol. The molecule has 1 atom stereocenters. The van der Waals surface area contributed by atoms with Crippen molar-refractivity contribution < 1.29 is 23.8 Å². The van der Waals surface area contributed by atoms with Gasteiger partial charge in [0, 0.05) is 17.2 Å². The van der Waals surface area contributed by atoms with Crippen LogP contribution in [0, 0.1) is 17.0 Å². The summed E-state index contributed by atoms with van der Waals surface area (Å²) in [6.07, 6.45) is -1.20. The van der Waals surface area contributed by atoms with Crippen LogP contribution in [0.5, 0.6) is 0 Å². The van der Waals surface area contributed by atoms with Gasteiger partial charge in [0.25, 0.3) is 11.6 Å². The lowest BCUT2D eigenvalue weighted by Crippen LogP contribution is -2.30. The molecule has 2 aromatic rings. The highest BCUT2D eigenvalue weighted by molar-refractivity contribution is 6.31. The molecule has 2 rings (SSSR count). The summed E-state index contributed by atoms with van der Waals surface area (Å²) < 4.78 is 9.74. The van der Waals surface area contributed by atoms with E-state index in [0.717, 1.165) is 12.1 Å². The first-order chi connectivity index (χ1) is 11.3. The Labute approximate surface area is 140 Å². The Balaban J connectivity index is 2.08. The molecular formula is C14H12ClN3O6. The Morgan fingerprint density at radius 3 is 2.71 bits per heavy atom. The molecule has 0 saturated heterocycles. The maximum atomic E-state index is 12.1. The molecule has 1 unspecified atom stereocenters. The Morgan fingerprint density at radius 2 is 2.12 bits per heavy atom. The standard InChI is InChI=1S/C14H12ClN3O6/c1-7-5-12(17-24-7)16-13(19)8(2)23-14(20)10-4-3-9(15)6-11(10)18(21)22/h3-6,8H,1-2H3,(H,16,17,19). The number of carbonyl (C=O) groups excluding carboxylic acids is 2. The van der Waals surface area contributed by atoms with Gasteiger partial charge in [0.15, 0.2) is 11.9 Å². The average Bonchev–Trinajstić information content (AvgIpc) is 2.91. The molecule has 1 aromatic heterocycles. The smallest absolute Gasteiger partial charge is 0.345 e. The van der Waals surface area contributed by atoms with E-state index in [9.17, 15) is 19.7 Å². The Hall–Kier alpha value is -2.94. The minimum absolute atomic E-state index is 0.102. The van der Waals surface area contributed by atoms with Crippen molar-refractivity contribution in [3.05, 3.63) is 50.7 Å². The first kappa shape index (κ1) is 17.4. The number of amides is 1. The summed E-state index contributed by atoms with van der Waals surface area (Å²) in [5.41, 5.74) is -0.812. The van der Waals surface area contributed by atoms with Gasteiger partial charge in [-0.05, 0) is 26.0 Å². The largest absolute Gasteiger partial charge is 0.449 e. The van der Waals surface area contributed by atoms with Crippen LogP contribution in [0.3, 0.4) is 0 Å². The van der Waals surface area contributed by atoms with Gasteiger partial charge in [-0.1, -0.05) is 16.8 Å². The normalized spacial score (nSPS) is 11.6. The number of carbonyl (C=O) groups is 2. The number of nitro groups is 1. The molecule has 126 valence electrons. The maximum absolute atomic E-state index is 12.1. The highest BCUT2D eigenvalue weighted by Crippen LogP contribution is 2.24. The summed E-state index contributed by atoms with van der Waals surface area (Å²) in [4.78, 5) is 34.2. The van der Waals surface area contributed by atoms with Crippen molar-refractivity contribution in [3.8, 4) is 0 Å². The second-order valence-electron chi connectivity index (χ2n) is 4.78. The number of nitro benzene ring substituents is 1. The van der Waals surface area contributed by atoms with Gasteiger partial charge in [0.2, 0.25) is 0 Å². The zero-order valence-electron chi connectivity index (χ0n) is 12.6. The minimum atomic E-state index is -1.20. The molecule has 0 saturated carbocycles. The molecule has 0 fully saturated rings. The molecule has 1 N–H and O–H groups in total. The van der Waals surface area contributed by atoms with Crippen molar-refractivity contribution in [1.82, 2.24) is 5.16 Å². The van der Waals surface area contributed by atoms with E-state index in [0.29, 0.717) is 5.76 Å².